The van der Waals surface area contributed by atoms with Gasteiger partial charge in [0.1, 0.15) is 0 Å². The molecule has 0 spiro atoms. The zero-order valence-electron chi connectivity index (χ0n) is 6.92. The fraction of sp³-hybridized carbons (Fsp3) is 0.500. The van der Waals surface area contributed by atoms with E-state index in [0.717, 1.165) is 5.57 Å². The summed E-state index contributed by atoms with van der Waals surface area (Å²) in [7, 11) is 0. The Bertz CT molecular complexity index is 232. The van der Waals surface area contributed by atoms with E-state index in [0.29, 0.717) is 19.6 Å². The molecule has 1 aliphatic heterocycles. The molecule has 1 heterocycles. The van der Waals surface area contributed by atoms with Crippen LogP contribution in [0.2, 0.25) is 0 Å². The number of esters is 1. The first-order valence-corrected chi connectivity index (χ1v) is 3.81. The molecule has 0 aromatic carbocycles. The molecule has 1 fully saturated rings. The van der Waals surface area contributed by atoms with Crippen molar-refractivity contribution in [3.8, 4) is 0 Å². The van der Waals surface area contributed by atoms with Crippen LogP contribution in [0.15, 0.2) is 11.6 Å². The molecule has 0 bridgehead atoms. The lowest BCUT2D eigenvalue weighted by Gasteiger charge is -2.17. The third-order valence-corrected chi connectivity index (χ3v) is 1.54. The largest absolute Gasteiger partial charge is 0.466 e. The van der Waals surface area contributed by atoms with Crippen molar-refractivity contribution in [2.75, 3.05) is 13.2 Å². The van der Waals surface area contributed by atoms with Crippen molar-refractivity contribution in [2.45, 2.75) is 13.3 Å². The van der Waals surface area contributed by atoms with Crippen molar-refractivity contribution < 1.29 is 14.3 Å². The summed E-state index contributed by atoms with van der Waals surface area (Å²) in [6.07, 6.45) is 2.41. The van der Waals surface area contributed by atoms with Gasteiger partial charge in [-0.3, -0.25) is 9.59 Å². The van der Waals surface area contributed by atoms with Crippen molar-refractivity contribution in [3.05, 3.63) is 11.6 Å². The van der Waals surface area contributed by atoms with Gasteiger partial charge in [-0.25, -0.2) is 0 Å². The minimum atomic E-state index is -0.286. The Morgan fingerprint density at radius 1 is 1.75 bits per heavy atom. The molecule has 0 aliphatic carbocycles. The summed E-state index contributed by atoms with van der Waals surface area (Å²) in [5, 5.41) is 2.59. The molecule has 1 amide bonds. The number of carbonyl (C=O) groups is 2. The van der Waals surface area contributed by atoms with Crippen molar-refractivity contribution in [1.82, 2.24) is 5.32 Å². The lowest BCUT2D eigenvalue weighted by atomic mass is 10.1. The van der Waals surface area contributed by atoms with Crippen LogP contribution in [0.3, 0.4) is 0 Å². The number of amides is 1. The highest BCUT2D eigenvalue weighted by molar-refractivity contribution is 6.00. The monoisotopic (exact) mass is 169 g/mol. The molecule has 4 nitrogen and oxygen atoms in total. The maximum Gasteiger partial charge on any atom is 0.302 e. The normalized spacial score (nSPS) is 18.4. The Balaban J connectivity index is 2.13. The van der Waals surface area contributed by atoms with E-state index in [1.165, 1.54) is 6.92 Å². The number of hydrogen-bond acceptors (Lipinski definition) is 3. The van der Waals surface area contributed by atoms with E-state index in [1.807, 2.05) is 0 Å². The fourth-order valence-electron chi connectivity index (χ4n) is 0.863. The number of β-lactam (4-membered cyclic amide) rings is 1. The number of hydrogen-bond donors (Lipinski definition) is 1. The summed E-state index contributed by atoms with van der Waals surface area (Å²) in [6.45, 7) is 2.36. The minimum absolute atomic E-state index is 0.0159. The second-order valence-electron chi connectivity index (χ2n) is 2.54. The maximum atomic E-state index is 10.7. The predicted molar refractivity (Wildman–Crippen MR) is 42.3 cm³/mol. The first kappa shape index (κ1) is 8.77. The average molecular weight is 169 g/mol. The molecule has 0 aromatic rings. The molecule has 1 aliphatic rings. The second kappa shape index (κ2) is 3.90. The summed E-state index contributed by atoms with van der Waals surface area (Å²) >= 11 is 0. The quantitative estimate of drug-likeness (QED) is 0.280. The SMILES string of the molecule is CC(=O)OCC/C=C1/CNC1=O. The van der Waals surface area contributed by atoms with Gasteiger partial charge in [0.25, 0.3) is 0 Å². The molecule has 1 N–H and O–H groups in total. The third kappa shape index (κ3) is 2.38. The molecule has 4 heteroatoms. The Labute approximate surface area is 70.6 Å². The van der Waals surface area contributed by atoms with Gasteiger partial charge in [0.05, 0.1) is 6.61 Å². The van der Waals surface area contributed by atoms with Gasteiger partial charge < -0.3 is 10.1 Å². The van der Waals surface area contributed by atoms with Crippen LogP contribution in [0.4, 0.5) is 0 Å². The molecule has 1 rings (SSSR count). The zero-order chi connectivity index (χ0) is 8.97. The van der Waals surface area contributed by atoms with Gasteiger partial charge in [-0.05, 0) is 0 Å². The first-order chi connectivity index (χ1) is 5.70. The second-order valence-corrected chi connectivity index (χ2v) is 2.54. The summed E-state index contributed by atoms with van der Waals surface area (Å²) in [5.41, 5.74) is 0.780. The summed E-state index contributed by atoms with van der Waals surface area (Å²) in [4.78, 5) is 21.0. The summed E-state index contributed by atoms with van der Waals surface area (Å²) < 4.78 is 4.68. The standard InChI is InChI=1S/C8H11NO3/c1-6(10)12-4-2-3-7-5-9-8(7)11/h3H,2,4-5H2,1H3,(H,9,11)/b7-3-. The van der Waals surface area contributed by atoms with E-state index in [1.54, 1.807) is 6.08 Å². The van der Waals surface area contributed by atoms with Gasteiger partial charge in [0.15, 0.2) is 0 Å². The van der Waals surface area contributed by atoms with Gasteiger partial charge in [0, 0.05) is 25.5 Å². The molecule has 12 heavy (non-hydrogen) atoms. The Morgan fingerprint density at radius 2 is 2.50 bits per heavy atom. The van der Waals surface area contributed by atoms with E-state index in [9.17, 15) is 9.59 Å². The highest BCUT2D eigenvalue weighted by Crippen LogP contribution is 2.03. The van der Waals surface area contributed by atoms with Gasteiger partial charge >= 0.3 is 5.97 Å². The molecule has 0 unspecified atom stereocenters. The topological polar surface area (TPSA) is 55.4 Å². The van der Waals surface area contributed by atoms with Crippen LogP contribution in [0.5, 0.6) is 0 Å². The molecule has 0 radical (unpaired) electrons. The van der Waals surface area contributed by atoms with Crippen LogP contribution in [0.1, 0.15) is 13.3 Å². The van der Waals surface area contributed by atoms with Crippen molar-refractivity contribution in [2.24, 2.45) is 0 Å². The van der Waals surface area contributed by atoms with Crippen LogP contribution >= 0.6 is 0 Å². The fourth-order valence-corrected chi connectivity index (χ4v) is 0.863. The van der Waals surface area contributed by atoms with E-state index in [-0.39, 0.29) is 11.9 Å². The van der Waals surface area contributed by atoms with Crippen LogP contribution in [0.25, 0.3) is 0 Å². The average Bonchev–Trinajstić information content (AvgIpc) is 2.01. The molecule has 0 aromatic heterocycles. The highest BCUT2D eigenvalue weighted by Gasteiger charge is 2.17. The van der Waals surface area contributed by atoms with Crippen molar-refractivity contribution in [1.29, 1.82) is 0 Å². The van der Waals surface area contributed by atoms with Gasteiger partial charge in [-0.15, -0.1) is 0 Å². The zero-order valence-corrected chi connectivity index (χ0v) is 6.92. The van der Waals surface area contributed by atoms with Gasteiger partial charge in [-0.2, -0.15) is 0 Å². The van der Waals surface area contributed by atoms with Crippen LogP contribution < -0.4 is 5.32 Å². The lowest BCUT2D eigenvalue weighted by Crippen LogP contribution is -2.40. The summed E-state index contributed by atoms with van der Waals surface area (Å²) in [6, 6.07) is 0. The van der Waals surface area contributed by atoms with Crippen molar-refractivity contribution >= 4 is 11.9 Å². The third-order valence-electron chi connectivity index (χ3n) is 1.54. The molecule has 0 atom stereocenters. The first-order valence-electron chi connectivity index (χ1n) is 3.81. The van der Waals surface area contributed by atoms with Crippen molar-refractivity contribution in [3.63, 3.8) is 0 Å². The number of nitrogens with one attached hydrogen (secondary N) is 1. The van der Waals surface area contributed by atoms with E-state index in [2.05, 4.69) is 10.1 Å². The molecule has 0 saturated carbocycles. The lowest BCUT2D eigenvalue weighted by molar-refractivity contribution is -0.140. The maximum absolute atomic E-state index is 10.7. The van der Waals surface area contributed by atoms with Gasteiger partial charge in [-0.1, -0.05) is 6.08 Å². The molecular formula is C8H11NO3. The van der Waals surface area contributed by atoms with Crippen LogP contribution in [-0.4, -0.2) is 25.0 Å². The van der Waals surface area contributed by atoms with E-state index in [4.69, 9.17) is 0 Å². The Hall–Kier alpha value is -1.32. The Kier molecular flexibility index (Phi) is 2.85. The molecular weight excluding hydrogens is 158 g/mol. The van der Waals surface area contributed by atoms with Crippen LogP contribution in [-0.2, 0) is 14.3 Å². The predicted octanol–water partition coefficient (Wildman–Crippen LogP) is -0.00420. The number of carbonyl (C=O) groups excluding carboxylic acids is 2. The molecule has 66 valence electrons. The smallest absolute Gasteiger partial charge is 0.302 e. The van der Waals surface area contributed by atoms with Crippen LogP contribution in [0, 0.1) is 0 Å². The van der Waals surface area contributed by atoms with E-state index >= 15 is 0 Å². The molecule has 1 saturated heterocycles. The number of rotatable bonds is 3. The Morgan fingerprint density at radius 3 is 2.92 bits per heavy atom. The van der Waals surface area contributed by atoms with E-state index < -0.39 is 0 Å². The highest BCUT2D eigenvalue weighted by atomic mass is 16.5. The van der Waals surface area contributed by atoms with Gasteiger partial charge in [0.2, 0.25) is 5.91 Å². The minimum Gasteiger partial charge on any atom is -0.466 e. The number of ether oxygens (including phenoxy) is 1. The summed E-state index contributed by atoms with van der Waals surface area (Å²) in [5.74, 6) is -0.302.